The molecule has 2 aromatic rings. The highest BCUT2D eigenvalue weighted by Gasteiger charge is 2.32. The van der Waals surface area contributed by atoms with Crippen LogP contribution < -0.4 is 5.56 Å². The van der Waals surface area contributed by atoms with E-state index in [1.165, 1.54) is 11.8 Å². The van der Waals surface area contributed by atoms with Gasteiger partial charge in [-0.25, -0.2) is 4.99 Å². The molecular weight excluding hydrogens is 362 g/mol. The van der Waals surface area contributed by atoms with Gasteiger partial charge in [0.2, 0.25) is 0 Å². The number of nitrogens with one attached hydrogen (secondary N) is 1. The molecule has 0 radical (unpaired) electrons. The number of hydrogen-bond acceptors (Lipinski definition) is 5. The van der Waals surface area contributed by atoms with E-state index in [4.69, 9.17) is 16.3 Å². The number of phenolic OH excluding ortho intramolecular Hbond substituents is 1. The summed E-state index contributed by atoms with van der Waals surface area (Å²) >= 11 is 7.59. The number of hydrogen-bond donors (Lipinski definition) is 2. The number of fused-ring (bicyclic) bond motifs is 1. The molecule has 0 aliphatic carbocycles. The third-order valence-corrected chi connectivity index (χ3v) is 6.06. The van der Waals surface area contributed by atoms with Crippen LogP contribution >= 0.6 is 23.4 Å². The first-order chi connectivity index (χ1) is 12.0. The van der Waals surface area contributed by atoms with Crippen LogP contribution in [0.4, 0.5) is 5.82 Å². The van der Waals surface area contributed by atoms with Crippen LogP contribution in [0, 0.1) is 0 Å². The minimum absolute atomic E-state index is 0.0329. The van der Waals surface area contributed by atoms with E-state index in [2.05, 4.69) is 10.1 Å². The fraction of sp³-hybridized carbons (Fsp3) is 0.412. The van der Waals surface area contributed by atoms with Crippen LogP contribution in [0.1, 0.15) is 42.2 Å². The summed E-state index contributed by atoms with van der Waals surface area (Å²) < 4.78 is 7.33. The standard InChI is InChI=1S/C17H18ClN3O3S/c1-9-19-16-14(15(25-9)10-2-3-13(22)12(18)8-10)17(23)20-21(16)11-4-6-24-7-5-11/h2-3,8,11,15,22H,4-7H2,1H3,(H,20,23)/t15-/m1/s1. The zero-order chi connectivity index (χ0) is 17.6. The van der Waals surface area contributed by atoms with Gasteiger partial charge >= 0.3 is 0 Å². The molecule has 4 rings (SSSR count). The SMILES string of the molecule is CC1=Nc2c(c(=O)[nH]n2C2CCOCC2)[C@@H](c2ccc(O)c(Cl)c2)S1. The smallest absolute Gasteiger partial charge is 0.271 e. The fourth-order valence-electron chi connectivity index (χ4n) is 3.34. The Hall–Kier alpha value is -1.70. The Morgan fingerprint density at radius 3 is 2.88 bits per heavy atom. The van der Waals surface area contributed by atoms with Gasteiger partial charge in [-0.2, -0.15) is 0 Å². The highest BCUT2D eigenvalue weighted by molar-refractivity contribution is 8.14. The Balaban J connectivity index is 1.82. The number of aromatic nitrogens is 2. The molecule has 132 valence electrons. The Bertz CT molecular complexity index is 899. The van der Waals surface area contributed by atoms with Crippen molar-refractivity contribution in [2.24, 2.45) is 4.99 Å². The maximum absolute atomic E-state index is 12.7. The number of nitrogens with zero attached hydrogens (tertiary/aromatic N) is 2. The minimum atomic E-state index is -0.199. The van der Waals surface area contributed by atoms with Crippen molar-refractivity contribution in [2.75, 3.05) is 13.2 Å². The normalized spacial score (nSPS) is 21.0. The molecule has 1 atom stereocenters. The van der Waals surface area contributed by atoms with Gasteiger partial charge in [0.25, 0.3) is 5.56 Å². The van der Waals surface area contributed by atoms with E-state index in [0.29, 0.717) is 24.6 Å². The quantitative estimate of drug-likeness (QED) is 0.832. The number of aliphatic imine (C=N–C) groups is 1. The summed E-state index contributed by atoms with van der Waals surface area (Å²) in [5, 5.41) is 13.6. The summed E-state index contributed by atoms with van der Waals surface area (Å²) in [6, 6.07) is 5.26. The van der Waals surface area contributed by atoms with Gasteiger partial charge in [-0.05, 0) is 37.5 Å². The number of rotatable bonds is 2. The van der Waals surface area contributed by atoms with E-state index >= 15 is 0 Å². The number of benzene rings is 1. The van der Waals surface area contributed by atoms with Crippen LogP contribution in [0.3, 0.4) is 0 Å². The van der Waals surface area contributed by atoms with E-state index in [0.717, 1.165) is 23.4 Å². The number of H-pyrrole nitrogens is 1. The lowest BCUT2D eigenvalue weighted by Gasteiger charge is -2.26. The van der Waals surface area contributed by atoms with Crippen LogP contribution in [0.2, 0.25) is 5.02 Å². The van der Waals surface area contributed by atoms with E-state index in [-0.39, 0.29) is 27.6 Å². The maximum atomic E-state index is 12.7. The van der Waals surface area contributed by atoms with Gasteiger partial charge < -0.3 is 9.84 Å². The second-order valence-corrected chi connectivity index (χ2v) is 7.94. The maximum Gasteiger partial charge on any atom is 0.271 e. The molecule has 1 aromatic heterocycles. The third kappa shape index (κ3) is 3.01. The zero-order valence-corrected chi connectivity index (χ0v) is 15.2. The first-order valence-electron chi connectivity index (χ1n) is 8.17. The molecule has 0 saturated carbocycles. The van der Waals surface area contributed by atoms with Gasteiger partial charge in [0.15, 0.2) is 5.82 Å². The van der Waals surface area contributed by atoms with Gasteiger partial charge in [-0.3, -0.25) is 14.6 Å². The van der Waals surface area contributed by atoms with Gasteiger partial charge in [-0.1, -0.05) is 29.4 Å². The van der Waals surface area contributed by atoms with Gasteiger partial charge in [0, 0.05) is 13.2 Å². The van der Waals surface area contributed by atoms with Crippen LogP contribution in [0.15, 0.2) is 28.0 Å². The molecule has 0 amide bonds. The molecule has 0 unspecified atom stereocenters. The van der Waals surface area contributed by atoms with Crippen molar-refractivity contribution in [3.05, 3.63) is 44.7 Å². The number of phenols is 1. The van der Waals surface area contributed by atoms with Crippen LogP contribution in [-0.4, -0.2) is 33.1 Å². The predicted octanol–water partition coefficient (Wildman–Crippen LogP) is 3.77. The van der Waals surface area contributed by atoms with Crippen molar-refractivity contribution in [3.63, 3.8) is 0 Å². The van der Waals surface area contributed by atoms with Gasteiger partial charge in [-0.15, -0.1) is 0 Å². The summed E-state index contributed by atoms with van der Waals surface area (Å²) in [6.07, 6.45) is 1.71. The lowest BCUT2D eigenvalue weighted by molar-refractivity contribution is 0.0666. The Labute approximate surface area is 153 Å². The monoisotopic (exact) mass is 379 g/mol. The molecular formula is C17H18ClN3O3S. The number of aromatic amines is 1. The van der Waals surface area contributed by atoms with Crippen LogP contribution in [0.5, 0.6) is 5.75 Å². The molecule has 6 nitrogen and oxygen atoms in total. The minimum Gasteiger partial charge on any atom is -0.506 e. The molecule has 2 aliphatic rings. The summed E-state index contributed by atoms with van der Waals surface area (Å²) in [5.74, 6) is 0.730. The molecule has 1 aromatic carbocycles. The number of thioether (sulfide) groups is 1. The van der Waals surface area contributed by atoms with E-state index < -0.39 is 0 Å². The van der Waals surface area contributed by atoms with E-state index in [9.17, 15) is 9.90 Å². The van der Waals surface area contributed by atoms with E-state index in [1.54, 1.807) is 18.2 Å². The molecule has 25 heavy (non-hydrogen) atoms. The Kier molecular flexibility index (Phi) is 4.39. The summed E-state index contributed by atoms with van der Waals surface area (Å²) in [4.78, 5) is 17.3. The van der Waals surface area contributed by atoms with Crippen LogP contribution in [0.25, 0.3) is 0 Å². The average Bonchev–Trinajstić information content (AvgIpc) is 2.94. The lowest BCUT2D eigenvalue weighted by Crippen LogP contribution is -2.21. The van der Waals surface area contributed by atoms with Crippen molar-refractivity contribution in [3.8, 4) is 5.75 Å². The second kappa shape index (κ2) is 6.55. The van der Waals surface area contributed by atoms with Gasteiger partial charge in [0.05, 0.1) is 26.9 Å². The molecule has 1 fully saturated rings. The molecule has 3 heterocycles. The van der Waals surface area contributed by atoms with Crippen molar-refractivity contribution in [1.29, 1.82) is 0 Å². The second-order valence-electron chi connectivity index (χ2n) is 6.23. The highest BCUT2D eigenvalue weighted by Crippen LogP contribution is 2.45. The number of ether oxygens (including phenoxy) is 1. The number of halogens is 1. The molecule has 2 aliphatic heterocycles. The topological polar surface area (TPSA) is 79.6 Å². The summed E-state index contributed by atoms with van der Waals surface area (Å²) in [5.41, 5.74) is 1.39. The van der Waals surface area contributed by atoms with Crippen molar-refractivity contribution in [2.45, 2.75) is 31.1 Å². The fourth-order valence-corrected chi connectivity index (χ4v) is 4.62. The summed E-state index contributed by atoms with van der Waals surface area (Å²) in [6.45, 7) is 3.32. The van der Waals surface area contributed by atoms with Crippen molar-refractivity contribution >= 4 is 34.2 Å². The van der Waals surface area contributed by atoms with Crippen LogP contribution in [-0.2, 0) is 4.74 Å². The first-order valence-corrected chi connectivity index (χ1v) is 9.43. The van der Waals surface area contributed by atoms with Crippen molar-refractivity contribution in [1.82, 2.24) is 9.78 Å². The number of aromatic hydroxyl groups is 1. The molecule has 2 N–H and O–H groups in total. The summed E-state index contributed by atoms with van der Waals surface area (Å²) in [7, 11) is 0. The first kappa shape index (κ1) is 16.8. The lowest BCUT2D eigenvalue weighted by atomic mass is 10.1. The predicted molar refractivity (Wildman–Crippen MR) is 99.5 cm³/mol. The van der Waals surface area contributed by atoms with Gasteiger partial charge in [0.1, 0.15) is 5.75 Å². The molecule has 1 saturated heterocycles. The van der Waals surface area contributed by atoms with Crippen molar-refractivity contribution < 1.29 is 9.84 Å². The highest BCUT2D eigenvalue weighted by atomic mass is 35.5. The largest absolute Gasteiger partial charge is 0.506 e. The Morgan fingerprint density at radius 2 is 2.16 bits per heavy atom. The average molecular weight is 380 g/mol. The molecule has 0 spiro atoms. The molecule has 0 bridgehead atoms. The third-order valence-electron chi connectivity index (χ3n) is 4.58. The Morgan fingerprint density at radius 1 is 1.40 bits per heavy atom. The molecule has 8 heteroatoms. The van der Waals surface area contributed by atoms with E-state index in [1.807, 2.05) is 11.6 Å². The zero-order valence-electron chi connectivity index (χ0n) is 13.7.